The van der Waals surface area contributed by atoms with Crippen molar-refractivity contribution in [2.45, 2.75) is 11.8 Å². The lowest BCUT2D eigenvalue weighted by Crippen LogP contribution is -2.33. The molecule has 1 aromatic rings. The minimum Gasteiger partial charge on any atom is -0.308 e. The number of likely N-dealkylation sites (N-methyl/N-ethyl adjacent to an activating group) is 1. The van der Waals surface area contributed by atoms with Crippen LogP contribution in [0.5, 0.6) is 0 Å². The van der Waals surface area contributed by atoms with Gasteiger partial charge in [0.25, 0.3) is 0 Å². The molecule has 8 heteroatoms. The van der Waals surface area contributed by atoms with Crippen LogP contribution in [-0.2, 0) is 10.0 Å². The minimum absolute atomic E-state index is 0.126. The third-order valence-corrected chi connectivity index (χ3v) is 3.97. The fourth-order valence-electron chi connectivity index (χ4n) is 1.24. The van der Waals surface area contributed by atoms with Crippen LogP contribution in [0.4, 0.5) is 5.82 Å². The summed E-state index contributed by atoms with van der Waals surface area (Å²) >= 11 is 0. The molecule has 18 heavy (non-hydrogen) atoms. The number of anilines is 1. The number of pyridine rings is 1. The SMILES string of the molecule is CCN(C)CCNS(=O)(=O)c1ccc(NN)nc1. The average Bonchev–Trinajstić information content (AvgIpc) is 2.38. The van der Waals surface area contributed by atoms with Crippen LogP contribution in [0, 0.1) is 0 Å². The summed E-state index contributed by atoms with van der Waals surface area (Å²) in [4.78, 5) is 6.00. The predicted octanol–water partition coefficient (Wildman–Crippen LogP) is -0.403. The number of aromatic nitrogens is 1. The van der Waals surface area contributed by atoms with Gasteiger partial charge in [0.15, 0.2) is 0 Å². The van der Waals surface area contributed by atoms with Gasteiger partial charge in [0.2, 0.25) is 10.0 Å². The van der Waals surface area contributed by atoms with Gasteiger partial charge in [0.05, 0.1) is 0 Å². The Hall–Kier alpha value is -1.22. The summed E-state index contributed by atoms with van der Waals surface area (Å²) in [6.07, 6.45) is 1.26. The van der Waals surface area contributed by atoms with E-state index in [2.05, 4.69) is 15.1 Å². The lowest BCUT2D eigenvalue weighted by molar-refractivity contribution is 0.358. The number of nitrogens with one attached hydrogen (secondary N) is 2. The summed E-state index contributed by atoms with van der Waals surface area (Å²) < 4.78 is 26.3. The molecule has 0 aliphatic carbocycles. The Morgan fingerprint density at radius 2 is 2.17 bits per heavy atom. The molecule has 1 aromatic heterocycles. The second-order valence-corrected chi connectivity index (χ2v) is 5.58. The number of rotatable bonds is 7. The second-order valence-electron chi connectivity index (χ2n) is 3.82. The number of nitrogens with two attached hydrogens (primary N) is 1. The molecule has 102 valence electrons. The lowest BCUT2D eigenvalue weighted by atomic mass is 10.5. The monoisotopic (exact) mass is 273 g/mol. The molecular formula is C10H19N5O2S. The maximum Gasteiger partial charge on any atom is 0.242 e. The maximum atomic E-state index is 11.9. The van der Waals surface area contributed by atoms with Crippen LogP contribution in [0.3, 0.4) is 0 Å². The van der Waals surface area contributed by atoms with Crippen LogP contribution in [0.1, 0.15) is 6.92 Å². The molecule has 0 atom stereocenters. The number of hydrazine groups is 1. The summed E-state index contributed by atoms with van der Waals surface area (Å²) in [5, 5.41) is 0. The van der Waals surface area contributed by atoms with Crippen molar-refractivity contribution < 1.29 is 8.42 Å². The second kappa shape index (κ2) is 6.64. The van der Waals surface area contributed by atoms with Crippen molar-refractivity contribution in [3.8, 4) is 0 Å². The van der Waals surface area contributed by atoms with E-state index in [9.17, 15) is 8.42 Å². The van der Waals surface area contributed by atoms with E-state index in [4.69, 9.17) is 5.84 Å². The maximum absolute atomic E-state index is 11.9. The van der Waals surface area contributed by atoms with E-state index >= 15 is 0 Å². The van der Waals surface area contributed by atoms with Crippen LogP contribution < -0.4 is 16.0 Å². The zero-order valence-corrected chi connectivity index (χ0v) is 11.4. The molecule has 1 heterocycles. The van der Waals surface area contributed by atoms with Crippen molar-refractivity contribution >= 4 is 15.8 Å². The molecule has 4 N–H and O–H groups in total. The Labute approximate surface area is 107 Å². The van der Waals surface area contributed by atoms with Crippen LogP contribution >= 0.6 is 0 Å². The van der Waals surface area contributed by atoms with Gasteiger partial charge >= 0.3 is 0 Å². The summed E-state index contributed by atoms with van der Waals surface area (Å²) in [5.74, 6) is 5.57. The molecule has 0 saturated heterocycles. The summed E-state index contributed by atoms with van der Waals surface area (Å²) in [6.45, 7) is 3.91. The van der Waals surface area contributed by atoms with Gasteiger partial charge in [0.1, 0.15) is 10.7 Å². The van der Waals surface area contributed by atoms with E-state index in [-0.39, 0.29) is 4.90 Å². The summed E-state index contributed by atoms with van der Waals surface area (Å²) in [5.41, 5.74) is 2.34. The van der Waals surface area contributed by atoms with Crippen LogP contribution in [0.25, 0.3) is 0 Å². The highest BCUT2D eigenvalue weighted by molar-refractivity contribution is 7.89. The molecule has 0 unspecified atom stereocenters. The number of nitrogens with zero attached hydrogens (tertiary/aromatic N) is 2. The zero-order chi connectivity index (χ0) is 13.6. The van der Waals surface area contributed by atoms with E-state index in [0.717, 1.165) is 6.54 Å². The van der Waals surface area contributed by atoms with Crippen molar-refractivity contribution in [1.82, 2.24) is 14.6 Å². The zero-order valence-electron chi connectivity index (χ0n) is 10.5. The third kappa shape index (κ3) is 4.22. The standard InChI is InChI=1S/C10H19N5O2S/c1-3-15(2)7-6-13-18(16,17)9-4-5-10(14-11)12-8-9/h4-5,8,13H,3,6-7,11H2,1-2H3,(H,12,14). The number of hydrogen-bond acceptors (Lipinski definition) is 6. The number of sulfonamides is 1. The van der Waals surface area contributed by atoms with Gasteiger partial charge < -0.3 is 10.3 Å². The molecule has 1 rings (SSSR count). The van der Waals surface area contributed by atoms with Gasteiger partial charge in [0, 0.05) is 19.3 Å². The molecule has 0 saturated carbocycles. The van der Waals surface area contributed by atoms with Crippen molar-refractivity contribution in [2.75, 3.05) is 32.1 Å². The van der Waals surface area contributed by atoms with Crippen molar-refractivity contribution in [2.24, 2.45) is 5.84 Å². The van der Waals surface area contributed by atoms with Crippen molar-refractivity contribution in [3.63, 3.8) is 0 Å². The van der Waals surface area contributed by atoms with Gasteiger partial charge in [-0.05, 0) is 25.7 Å². The first kappa shape index (κ1) is 14.8. The highest BCUT2D eigenvalue weighted by Crippen LogP contribution is 2.09. The van der Waals surface area contributed by atoms with E-state index in [1.165, 1.54) is 18.3 Å². The molecule has 0 aliphatic rings. The Morgan fingerprint density at radius 3 is 2.67 bits per heavy atom. The van der Waals surface area contributed by atoms with E-state index in [0.29, 0.717) is 18.9 Å². The van der Waals surface area contributed by atoms with E-state index < -0.39 is 10.0 Å². The van der Waals surface area contributed by atoms with Gasteiger partial charge in [-0.15, -0.1) is 0 Å². The lowest BCUT2D eigenvalue weighted by Gasteiger charge is -2.14. The normalized spacial score (nSPS) is 11.8. The molecule has 0 radical (unpaired) electrons. The molecule has 0 spiro atoms. The summed E-state index contributed by atoms with van der Waals surface area (Å²) in [6, 6.07) is 2.96. The molecule has 0 aromatic carbocycles. The fourth-order valence-corrected chi connectivity index (χ4v) is 2.20. The third-order valence-electron chi connectivity index (χ3n) is 2.52. The van der Waals surface area contributed by atoms with Crippen molar-refractivity contribution in [3.05, 3.63) is 18.3 Å². The minimum atomic E-state index is -3.50. The Balaban J connectivity index is 2.62. The van der Waals surface area contributed by atoms with E-state index in [1.807, 2.05) is 18.9 Å². The Morgan fingerprint density at radius 1 is 1.44 bits per heavy atom. The molecule has 0 fully saturated rings. The molecule has 0 aliphatic heterocycles. The topological polar surface area (TPSA) is 100 Å². The fraction of sp³-hybridized carbons (Fsp3) is 0.500. The number of hydrogen-bond donors (Lipinski definition) is 3. The molecule has 0 amide bonds. The van der Waals surface area contributed by atoms with Crippen molar-refractivity contribution in [1.29, 1.82) is 0 Å². The smallest absolute Gasteiger partial charge is 0.242 e. The average molecular weight is 273 g/mol. The van der Waals surface area contributed by atoms with Crippen LogP contribution in [0.2, 0.25) is 0 Å². The first-order chi connectivity index (χ1) is 8.49. The van der Waals surface area contributed by atoms with E-state index in [1.54, 1.807) is 0 Å². The van der Waals surface area contributed by atoms with Crippen LogP contribution in [-0.4, -0.2) is 45.0 Å². The Bertz CT molecular complexity index is 460. The first-order valence-electron chi connectivity index (χ1n) is 5.60. The first-order valence-corrected chi connectivity index (χ1v) is 7.08. The number of nitrogen functional groups attached to an aromatic ring is 1. The predicted molar refractivity (Wildman–Crippen MR) is 70.4 cm³/mol. The van der Waals surface area contributed by atoms with Gasteiger partial charge in [-0.1, -0.05) is 6.92 Å². The highest BCUT2D eigenvalue weighted by atomic mass is 32.2. The molecule has 7 nitrogen and oxygen atoms in total. The largest absolute Gasteiger partial charge is 0.308 e. The summed E-state index contributed by atoms with van der Waals surface area (Å²) in [7, 11) is -1.57. The van der Waals surface area contributed by atoms with Crippen LogP contribution in [0.15, 0.2) is 23.2 Å². The quantitative estimate of drug-likeness (QED) is 0.461. The Kier molecular flexibility index (Phi) is 5.48. The van der Waals surface area contributed by atoms with Gasteiger partial charge in [-0.2, -0.15) is 0 Å². The van der Waals surface area contributed by atoms with Gasteiger partial charge in [-0.25, -0.2) is 24.0 Å². The van der Waals surface area contributed by atoms with Gasteiger partial charge in [-0.3, -0.25) is 0 Å². The molecular weight excluding hydrogens is 254 g/mol. The molecule has 0 bridgehead atoms. The highest BCUT2D eigenvalue weighted by Gasteiger charge is 2.13.